The summed E-state index contributed by atoms with van der Waals surface area (Å²) in [6.45, 7) is 23.8. The number of halogens is 3. The lowest BCUT2D eigenvalue weighted by atomic mass is 10.0. The standard InChI is InChI=1S/C25H29N3O3S.C24H25F3N2O3S.C23H28N2O2S/c1-17(2)15-28-23(14-22(27-28)24-26-25(3,4)16-31-24)19-11-9-18(10-12-19)20-7-6-8-21(13-20)32(5,29)30;1-16(2)15-29-22(14-21(28-29)23(30)11-12-24(25,26)27)18-9-7-17(8-10-18)19-5-4-6-20(13-19)33(3,31)32;1-16(2)15-25-23(14-22(24-25)17(3)4)19-11-9-18(10-12-19)20-7-6-8-21(13-20)28(5,26)27/h6-14,17H,15-16H2,1-5H3;4-10,13-14,16H,11-12,15H2,1-3H3;6-14,16-17H,15H2,1-5H3. The van der Waals surface area contributed by atoms with Crippen LogP contribution in [0.2, 0.25) is 0 Å². The highest BCUT2D eigenvalue weighted by molar-refractivity contribution is 7.91. The van der Waals surface area contributed by atoms with Gasteiger partial charge in [0.2, 0.25) is 5.90 Å². The molecular formula is C72H82F3N7O8S3. The predicted molar refractivity (Wildman–Crippen MR) is 363 cm³/mol. The molecule has 1 aliphatic heterocycles. The fourth-order valence-electron chi connectivity index (χ4n) is 10.3. The van der Waals surface area contributed by atoms with Gasteiger partial charge >= 0.3 is 6.18 Å². The molecule has 10 rings (SSSR count). The number of carbonyl (C=O) groups excluding carboxylic acids is 1. The summed E-state index contributed by atoms with van der Waals surface area (Å²) in [4.78, 5) is 17.9. The maximum absolute atomic E-state index is 12.5. The van der Waals surface area contributed by atoms with Gasteiger partial charge in [-0.25, -0.2) is 30.2 Å². The van der Waals surface area contributed by atoms with Crippen molar-refractivity contribution in [3.63, 3.8) is 0 Å². The molecule has 0 amide bonds. The Morgan fingerprint density at radius 3 is 1.18 bits per heavy atom. The van der Waals surface area contributed by atoms with Crippen LogP contribution in [0.1, 0.15) is 110 Å². The zero-order valence-electron chi connectivity index (χ0n) is 54.9. The van der Waals surface area contributed by atoms with Crippen LogP contribution in [-0.2, 0) is 53.9 Å². The number of Topliss-reactive ketones (excluding diaryl/α,β-unsaturated/α-hetero) is 1. The average Bonchev–Trinajstić information content (AvgIpc) is 1.73. The van der Waals surface area contributed by atoms with Gasteiger partial charge in [-0.3, -0.25) is 18.8 Å². The molecule has 0 aliphatic carbocycles. The number of aromatic nitrogens is 6. The predicted octanol–water partition coefficient (Wildman–Crippen LogP) is 16.0. The van der Waals surface area contributed by atoms with Crippen molar-refractivity contribution in [1.29, 1.82) is 0 Å². The first kappa shape index (κ1) is 70.6. The lowest BCUT2D eigenvalue weighted by molar-refractivity contribution is -0.133. The second-order valence-corrected chi connectivity index (χ2v) is 31.9. The molecule has 0 bridgehead atoms. The van der Waals surface area contributed by atoms with Crippen molar-refractivity contribution in [2.45, 2.75) is 134 Å². The fraction of sp³-hybridized carbons (Fsp3) is 0.347. The maximum Gasteiger partial charge on any atom is 0.389 e. The number of nitrogens with zero attached hydrogens (tertiary/aromatic N) is 7. The lowest BCUT2D eigenvalue weighted by Crippen LogP contribution is -2.17. The molecule has 0 saturated heterocycles. The molecule has 0 radical (unpaired) electrons. The number of ketones is 1. The molecule has 93 heavy (non-hydrogen) atoms. The topological polar surface area (TPSA) is 195 Å². The van der Waals surface area contributed by atoms with Crippen LogP contribution in [-0.4, -0.2) is 103 Å². The summed E-state index contributed by atoms with van der Waals surface area (Å²) in [5, 5.41) is 13.9. The van der Waals surface area contributed by atoms with E-state index in [1.54, 1.807) is 53.2 Å². The van der Waals surface area contributed by atoms with Crippen LogP contribution in [0.5, 0.6) is 0 Å². The molecule has 4 heterocycles. The Balaban J connectivity index is 0.000000180. The Labute approximate surface area is 545 Å². The number of ether oxygens (including phenoxy) is 1. The van der Waals surface area contributed by atoms with Crippen molar-refractivity contribution in [3.8, 4) is 67.2 Å². The zero-order valence-corrected chi connectivity index (χ0v) is 57.3. The van der Waals surface area contributed by atoms with Crippen LogP contribution in [0.4, 0.5) is 13.2 Å². The largest absolute Gasteiger partial charge is 0.474 e. The van der Waals surface area contributed by atoms with E-state index in [-0.39, 0.29) is 22.0 Å². The van der Waals surface area contributed by atoms with Crippen LogP contribution in [0.15, 0.2) is 183 Å². The number of sulfone groups is 3. The van der Waals surface area contributed by atoms with E-state index in [1.165, 1.54) is 24.6 Å². The molecule has 21 heteroatoms. The number of hydrogen-bond acceptors (Lipinski definition) is 12. The van der Waals surface area contributed by atoms with Gasteiger partial charge in [-0.2, -0.15) is 28.5 Å². The quantitative estimate of drug-likeness (QED) is 0.0659. The first-order valence-electron chi connectivity index (χ1n) is 30.8. The molecule has 0 fully saturated rings. The van der Waals surface area contributed by atoms with E-state index in [9.17, 15) is 43.2 Å². The van der Waals surface area contributed by atoms with Crippen molar-refractivity contribution in [3.05, 3.63) is 181 Å². The smallest absolute Gasteiger partial charge is 0.389 e. The molecule has 9 aromatic rings. The van der Waals surface area contributed by atoms with Gasteiger partial charge < -0.3 is 4.74 Å². The molecule has 15 nitrogen and oxygen atoms in total. The minimum absolute atomic E-state index is 0.0137. The average molecular weight is 1330 g/mol. The fourth-order valence-corrected chi connectivity index (χ4v) is 12.3. The Bertz CT molecular complexity index is 4490. The number of carbonyl (C=O) groups is 1. The molecule has 3 aromatic heterocycles. The van der Waals surface area contributed by atoms with E-state index in [0.717, 1.165) is 92.2 Å². The van der Waals surface area contributed by atoms with Gasteiger partial charge in [0.25, 0.3) is 0 Å². The number of hydrogen-bond donors (Lipinski definition) is 0. The van der Waals surface area contributed by atoms with E-state index in [2.05, 4.69) is 74.5 Å². The number of benzene rings is 6. The summed E-state index contributed by atoms with van der Waals surface area (Å²) < 4.78 is 120. The molecule has 6 aromatic carbocycles. The second-order valence-electron chi connectivity index (χ2n) is 25.9. The van der Waals surface area contributed by atoms with E-state index in [1.807, 2.05) is 117 Å². The van der Waals surface area contributed by atoms with Crippen molar-refractivity contribution < 1.29 is 48.0 Å². The first-order valence-corrected chi connectivity index (χ1v) is 36.5. The molecule has 0 N–H and O–H groups in total. The van der Waals surface area contributed by atoms with Crippen LogP contribution >= 0.6 is 0 Å². The Morgan fingerprint density at radius 2 is 0.839 bits per heavy atom. The summed E-state index contributed by atoms with van der Waals surface area (Å²) in [5.41, 5.74) is 12.5. The van der Waals surface area contributed by atoms with Crippen molar-refractivity contribution in [2.75, 3.05) is 25.4 Å². The second kappa shape index (κ2) is 28.9. The van der Waals surface area contributed by atoms with Crippen molar-refractivity contribution >= 4 is 41.2 Å². The normalized spacial score (nSPS) is 13.4. The summed E-state index contributed by atoms with van der Waals surface area (Å²) in [5.74, 6) is 1.47. The Kier molecular flexibility index (Phi) is 22.0. The highest BCUT2D eigenvalue weighted by Gasteiger charge is 2.31. The summed E-state index contributed by atoms with van der Waals surface area (Å²) in [6, 6.07) is 50.1. The molecule has 0 saturated carbocycles. The number of aliphatic imine (C=N–C) groups is 1. The van der Waals surface area contributed by atoms with E-state index < -0.39 is 54.3 Å². The van der Waals surface area contributed by atoms with Gasteiger partial charge in [0.1, 0.15) is 18.0 Å². The number of alkyl halides is 3. The summed E-state index contributed by atoms with van der Waals surface area (Å²) >= 11 is 0. The van der Waals surface area contributed by atoms with Crippen LogP contribution in [0, 0.1) is 17.8 Å². The zero-order chi connectivity index (χ0) is 68.0. The van der Waals surface area contributed by atoms with Gasteiger partial charge in [-0.1, -0.05) is 165 Å². The van der Waals surface area contributed by atoms with E-state index in [4.69, 9.17) is 14.9 Å². The summed E-state index contributed by atoms with van der Waals surface area (Å²) in [6.07, 6.45) is -2.61. The van der Waals surface area contributed by atoms with Gasteiger partial charge in [-0.05, 0) is 142 Å². The summed E-state index contributed by atoms with van der Waals surface area (Å²) in [7, 11) is -9.80. The molecule has 0 spiro atoms. The minimum Gasteiger partial charge on any atom is -0.474 e. The molecule has 0 unspecified atom stereocenters. The van der Waals surface area contributed by atoms with Gasteiger partial charge in [0.15, 0.2) is 35.3 Å². The highest BCUT2D eigenvalue weighted by atomic mass is 32.2. The van der Waals surface area contributed by atoms with Gasteiger partial charge in [0, 0.05) is 44.8 Å². The van der Waals surface area contributed by atoms with Crippen LogP contribution in [0.3, 0.4) is 0 Å². The lowest BCUT2D eigenvalue weighted by Gasteiger charge is -2.11. The van der Waals surface area contributed by atoms with E-state index in [0.29, 0.717) is 52.3 Å². The monoisotopic (exact) mass is 1330 g/mol. The Morgan fingerprint density at radius 1 is 0.484 bits per heavy atom. The van der Waals surface area contributed by atoms with Gasteiger partial charge in [0.05, 0.1) is 49.4 Å². The third-order valence-electron chi connectivity index (χ3n) is 15.0. The first-order chi connectivity index (χ1) is 43.5. The molecule has 1 aliphatic rings. The third-order valence-corrected chi connectivity index (χ3v) is 18.3. The highest BCUT2D eigenvalue weighted by Crippen LogP contribution is 2.33. The number of rotatable bonds is 20. The van der Waals surface area contributed by atoms with Crippen LogP contribution < -0.4 is 0 Å². The van der Waals surface area contributed by atoms with E-state index >= 15 is 0 Å². The molecule has 492 valence electrons. The molecular weight excluding hydrogens is 1240 g/mol. The van der Waals surface area contributed by atoms with Crippen LogP contribution in [0.25, 0.3) is 67.2 Å². The Hall–Kier alpha value is -8.27. The third kappa shape index (κ3) is 19.2. The van der Waals surface area contributed by atoms with Crippen molar-refractivity contribution in [1.82, 2.24) is 29.3 Å². The SMILES string of the molecule is CC(C)Cn1nc(C(=O)CCC(F)(F)F)cc1-c1ccc(-c2cccc(S(C)(=O)=O)c2)cc1.CC(C)Cn1nc(C(C)C)cc1-c1ccc(-c2cccc(S(C)(=O)=O)c2)cc1.CC(C)Cn1nc(C2=NC(C)(C)CO2)cc1-c1ccc(-c2cccc(S(C)(=O)=O)c2)cc1. The maximum atomic E-state index is 12.5. The molecule has 0 atom stereocenters. The van der Waals surface area contributed by atoms with Crippen molar-refractivity contribution in [2.24, 2.45) is 22.7 Å². The van der Waals surface area contributed by atoms with Gasteiger partial charge in [-0.15, -0.1) is 0 Å². The minimum atomic E-state index is -4.40.